The van der Waals surface area contributed by atoms with Crippen molar-refractivity contribution in [1.29, 1.82) is 0 Å². The second-order valence-corrected chi connectivity index (χ2v) is 4.89. The molecule has 4 nitrogen and oxygen atoms in total. The Kier molecular flexibility index (Phi) is 4.03. The van der Waals surface area contributed by atoms with Crippen molar-refractivity contribution in [2.24, 2.45) is 5.10 Å². The maximum absolute atomic E-state index is 11.9. The van der Waals surface area contributed by atoms with E-state index in [1.807, 2.05) is 39.0 Å². The standard InChI is InChI=1S/C16H18N2O2/c1-10-5-6-11(2)14(7-10)9-17-18-16(19)15-8-12(3)20-13(15)4/h5-9H,1-4H3,(H,18,19)/b17-9-. The number of hydrogen-bond acceptors (Lipinski definition) is 3. The maximum Gasteiger partial charge on any atom is 0.274 e. The average molecular weight is 270 g/mol. The molecule has 1 amide bonds. The molecule has 1 aromatic carbocycles. The number of carbonyl (C=O) groups excluding carboxylic acids is 1. The molecule has 0 saturated carbocycles. The lowest BCUT2D eigenvalue weighted by Crippen LogP contribution is -2.17. The largest absolute Gasteiger partial charge is 0.466 e. The third-order valence-corrected chi connectivity index (χ3v) is 3.09. The van der Waals surface area contributed by atoms with Crippen LogP contribution in [0.4, 0.5) is 0 Å². The van der Waals surface area contributed by atoms with E-state index in [-0.39, 0.29) is 5.91 Å². The minimum atomic E-state index is -0.263. The Labute approximate surface area is 118 Å². The maximum atomic E-state index is 11.9. The van der Waals surface area contributed by atoms with E-state index in [2.05, 4.69) is 10.5 Å². The highest BCUT2D eigenvalue weighted by Crippen LogP contribution is 2.13. The SMILES string of the molecule is Cc1ccc(C)c(/C=N\NC(=O)c2cc(C)oc2C)c1. The van der Waals surface area contributed by atoms with Crippen LogP contribution in [-0.4, -0.2) is 12.1 Å². The van der Waals surface area contributed by atoms with E-state index in [1.54, 1.807) is 19.2 Å². The molecule has 4 heteroatoms. The van der Waals surface area contributed by atoms with Crippen molar-refractivity contribution < 1.29 is 9.21 Å². The Morgan fingerprint density at radius 2 is 1.95 bits per heavy atom. The van der Waals surface area contributed by atoms with Gasteiger partial charge in [0, 0.05) is 0 Å². The van der Waals surface area contributed by atoms with Gasteiger partial charge in [0.2, 0.25) is 0 Å². The minimum absolute atomic E-state index is 0.263. The van der Waals surface area contributed by atoms with Gasteiger partial charge < -0.3 is 4.42 Å². The van der Waals surface area contributed by atoms with Crippen LogP contribution in [0.2, 0.25) is 0 Å². The van der Waals surface area contributed by atoms with Crippen molar-refractivity contribution in [2.45, 2.75) is 27.7 Å². The molecular formula is C16H18N2O2. The van der Waals surface area contributed by atoms with Crippen LogP contribution in [0.5, 0.6) is 0 Å². The van der Waals surface area contributed by atoms with Crippen molar-refractivity contribution in [3.8, 4) is 0 Å². The molecule has 20 heavy (non-hydrogen) atoms. The molecule has 0 radical (unpaired) electrons. The van der Waals surface area contributed by atoms with Crippen LogP contribution < -0.4 is 5.43 Å². The van der Waals surface area contributed by atoms with E-state index < -0.39 is 0 Å². The molecule has 0 aliphatic rings. The average Bonchev–Trinajstić information content (AvgIpc) is 2.72. The van der Waals surface area contributed by atoms with Crippen molar-refractivity contribution in [3.63, 3.8) is 0 Å². The molecule has 0 aliphatic carbocycles. The second-order valence-electron chi connectivity index (χ2n) is 4.89. The summed E-state index contributed by atoms with van der Waals surface area (Å²) < 4.78 is 5.32. The van der Waals surface area contributed by atoms with Crippen molar-refractivity contribution in [2.75, 3.05) is 0 Å². The summed E-state index contributed by atoms with van der Waals surface area (Å²) in [6.07, 6.45) is 1.66. The lowest BCUT2D eigenvalue weighted by molar-refractivity contribution is 0.0953. The summed E-state index contributed by atoms with van der Waals surface area (Å²) in [5.41, 5.74) is 6.30. The number of carbonyl (C=O) groups is 1. The molecule has 1 N–H and O–H groups in total. The Bertz CT molecular complexity index is 669. The summed E-state index contributed by atoms with van der Waals surface area (Å²) in [6, 6.07) is 7.81. The summed E-state index contributed by atoms with van der Waals surface area (Å²) in [5, 5.41) is 4.00. The first kappa shape index (κ1) is 14.1. The Morgan fingerprint density at radius 3 is 2.60 bits per heavy atom. The van der Waals surface area contributed by atoms with Gasteiger partial charge in [0.25, 0.3) is 5.91 Å². The third kappa shape index (κ3) is 3.15. The first-order chi connectivity index (χ1) is 9.47. The van der Waals surface area contributed by atoms with Crippen LogP contribution in [0.15, 0.2) is 33.8 Å². The fourth-order valence-electron chi connectivity index (χ4n) is 1.98. The van der Waals surface area contributed by atoms with Crippen molar-refractivity contribution in [1.82, 2.24) is 5.43 Å². The number of hydrogen-bond donors (Lipinski definition) is 1. The molecule has 0 atom stereocenters. The van der Waals surface area contributed by atoms with Gasteiger partial charge >= 0.3 is 0 Å². The van der Waals surface area contributed by atoms with Crippen LogP contribution >= 0.6 is 0 Å². The number of furan rings is 1. The highest BCUT2D eigenvalue weighted by Gasteiger charge is 2.12. The lowest BCUT2D eigenvalue weighted by atomic mass is 10.1. The van der Waals surface area contributed by atoms with Gasteiger partial charge in [0.05, 0.1) is 11.8 Å². The highest BCUT2D eigenvalue weighted by atomic mass is 16.3. The Balaban J connectivity index is 2.08. The van der Waals surface area contributed by atoms with Crippen LogP contribution in [0.1, 0.15) is 38.6 Å². The molecular weight excluding hydrogens is 252 g/mol. The highest BCUT2D eigenvalue weighted by molar-refractivity contribution is 5.96. The van der Waals surface area contributed by atoms with E-state index in [4.69, 9.17) is 4.42 Å². The number of benzene rings is 1. The fourth-order valence-corrected chi connectivity index (χ4v) is 1.98. The van der Waals surface area contributed by atoms with Crippen LogP contribution in [0.25, 0.3) is 0 Å². The van der Waals surface area contributed by atoms with Crippen molar-refractivity contribution >= 4 is 12.1 Å². The van der Waals surface area contributed by atoms with Gasteiger partial charge in [0.15, 0.2) is 0 Å². The number of amides is 1. The molecule has 0 fully saturated rings. The topological polar surface area (TPSA) is 54.6 Å². The van der Waals surface area contributed by atoms with Gasteiger partial charge in [-0.05, 0) is 44.9 Å². The third-order valence-electron chi connectivity index (χ3n) is 3.09. The molecule has 2 aromatic rings. The van der Waals surface area contributed by atoms with E-state index in [0.29, 0.717) is 17.1 Å². The zero-order chi connectivity index (χ0) is 14.7. The molecule has 1 aromatic heterocycles. The normalized spacial score (nSPS) is 11.0. The predicted molar refractivity (Wildman–Crippen MR) is 79.2 cm³/mol. The van der Waals surface area contributed by atoms with Gasteiger partial charge in [-0.3, -0.25) is 4.79 Å². The smallest absolute Gasteiger partial charge is 0.274 e. The molecule has 2 rings (SSSR count). The minimum Gasteiger partial charge on any atom is -0.466 e. The summed E-state index contributed by atoms with van der Waals surface area (Å²) in [6.45, 7) is 7.60. The number of aryl methyl sites for hydroxylation is 4. The van der Waals surface area contributed by atoms with Gasteiger partial charge in [-0.1, -0.05) is 23.8 Å². The first-order valence-electron chi connectivity index (χ1n) is 6.45. The molecule has 0 aliphatic heterocycles. The Hall–Kier alpha value is -2.36. The summed E-state index contributed by atoms with van der Waals surface area (Å²) in [5.74, 6) is 1.05. The van der Waals surface area contributed by atoms with E-state index in [1.165, 1.54) is 0 Å². The van der Waals surface area contributed by atoms with Gasteiger partial charge in [-0.2, -0.15) is 5.10 Å². The van der Waals surface area contributed by atoms with E-state index in [0.717, 1.165) is 16.7 Å². The number of hydrazone groups is 1. The van der Waals surface area contributed by atoms with Gasteiger partial charge in [0.1, 0.15) is 11.5 Å². The molecule has 0 bridgehead atoms. The first-order valence-corrected chi connectivity index (χ1v) is 6.45. The molecule has 1 heterocycles. The van der Waals surface area contributed by atoms with E-state index in [9.17, 15) is 4.79 Å². The van der Waals surface area contributed by atoms with Gasteiger partial charge in [-0.25, -0.2) is 5.43 Å². The van der Waals surface area contributed by atoms with Gasteiger partial charge in [-0.15, -0.1) is 0 Å². The second kappa shape index (κ2) is 5.74. The quantitative estimate of drug-likeness (QED) is 0.687. The fraction of sp³-hybridized carbons (Fsp3) is 0.250. The van der Waals surface area contributed by atoms with Crippen LogP contribution in [0.3, 0.4) is 0 Å². The lowest BCUT2D eigenvalue weighted by Gasteiger charge is -2.01. The summed E-state index contributed by atoms with van der Waals surface area (Å²) in [7, 11) is 0. The number of nitrogens with one attached hydrogen (secondary N) is 1. The summed E-state index contributed by atoms with van der Waals surface area (Å²) in [4.78, 5) is 11.9. The molecule has 0 spiro atoms. The molecule has 0 saturated heterocycles. The molecule has 0 unspecified atom stereocenters. The van der Waals surface area contributed by atoms with Crippen molar-refractivity contribution in [3.05, 3.63) is 58.0 Å². The summed E-state index contributed by atoms with van der Waals surface area (Å²) >= 11 is 0. The zero-order valence-electron chi connectivity index (χ0n) is 12.2. The number of rotatable bonds is 3. The Morgan fingerprint density at radius 1 is 1.20 bits per heavy atom. The van der Waals surface area contributed by atoms with Crippen LogP contribution in [0, 0.1) is 27.7 Å². The predicted octanol–water partition coefficient (Wildman–Crippen LogP) is 3.28. The number of nitrogens with zero attached hydrogens (tertiary/aromatic N) is 1. The van der Waals surface area contributed by atoms with Crippen LogP contribution in [-0.2, 0) is 0 Å². The monoisotopic (exact) mass is 270 g/mol. The zero-order valence-corrected chi connectivity index (χ0v) is 12.2. The van der Waals surface area contributed by atoms with E-state index >= 15 is 0 Å². The molecule has 104 valence electrons.